The van der Waals surface area contributed by atoms with Crippen LogP contribution in [-0.4, -0.2) is 249 Å². The first-order valence-corrected chi connectivity index (χ1v) is 46.2. The number of carbonyl (C=O) groups excluding carboxylic acids is 12. The summed E-state index contributed by atoms with van der Waals surface area (Å²) < 4.78 is 11.5. The summed E-state index contributed by atoms with van der Waals surface area (Å²) in [5, 5.41) is 44.6. The van der Waals surface area contributed by atoms with E-state index in [1.54, 1.807) is 0 Å². The highest BCUT2D eigenvalue weighted by molar-refractivity contribution is 7.99. The average Bonchev–Trinajstić information content (AvgIpc) is 1.42. The van der Waals surface area contributed by atoms with Crippen molar-refractivity contribution in [3.05, 3.63) is 128 Å². The molecule has 0 aromatic carbocycles. The van der Waals surface area contributed by atoms with Crippen LogP contribution in [0.2, 0.25) is 0 Å². The lowest BCUT2D eigenvalue weighted by Crippen LogP contribution is -2.62. The maximum absolute atomic E-state index is 15.1. The van der Waals surface area contributed by atoms with E-state index in [1.165, 1.54) is 204 Å². The zero-order valence-electron chi connectivity index (χ0n) is 73.9. The first-order chi connectivity index (χ1) is 62.1. The van der Waals surface area contributed by atoms with Gasteiger partial charge in [-0.15, -0.1) is 0 Å². The number of aromatic nitrogens is 14. The Hall–Kier alpha value is -11.5. The average molecular weight is 1800 g/mol. The summed E-state index contributed by atoms with van der Waals surface area (Å²) in [7, 11) is 0. The number of nitrogens with two attached hydrogens (primary N) is 1. The lowest BCUT2D eigenvalue weighted by atomic mass is 10.0. The highest BCUT2D eigenvalue weighted by Gasteiger charge is 2.38. The van der Waals surface area contributed by atoms with Gasteiger partial charge in [0.15, 0.2) is 5.78 Å². The highest BCUT2D eigenvalue weighted by atomic mass is 32.2. The number of esters is 2. The Morgan fingerprint density at radius 3 is 0.797 bits per heavy atom. The molecule has 0 saturated carbocycles. The normalized spacial score (nSPS) is 13.9. The number of hydrogen-bond acceptors (Lipinski definition) is 25. The minimum absolute atomic E-state index is 0.0487. The highest BCUT2D eigenvalue weighted by Crippen LogP contribution is 2.19. The number of aliphatic hydroxyl groups excluding tert-OH is 2. The summed E-state index contributed by atoms with van der Waals surface area (Å²) in [6.07, 6.45) is 47.1. The van der Waals surface area contributed by atoms with Crippen LogP contribution in [0.15, 0.2) is 87.7 Å². The molecule has 11 atom stereocenters. The molecule has 7 rings (SSSR count). The maximum Gasteiger partial charge on any atom is 0.306 e. The number of imidazole rings is 7. The van der Waals surface area contributed by atoms with E-state index in [-0.39, 0.29) is 87.4 Å². The molecule has 0 saturated heterocycles. The molecule has 0 aliphatic carbocycles. The Balaban J connectivity index is 0.976. The van der Waals surface area contributed by atoms with E-state index in [0.29, 0.717) is 47.0 Å². The Labute approximate surface area is 750 Å². The minimum atomic E-state index is -1.85. The molecule has 0 radical (unpaired) electrons. The monoisotopic (exact) mass is 1800 g/mol. The third-order valence-electron chi connectivity index (χ3n) is 21.7. The summed E-state index contributed by atoms with van der Waals surface area (Å²) in [5.74, 6) is -9.97. The third-order valence-corrected chi connectivity index (χ3v) is 22.9. The predicted octanol–water partition coefficient (Wildman–Crippen LogP) is 4.16. The van der Waals surface area contributed by atoms with Gasteiger partial charge in [0.25, 0.3) is 0 Å². The van der Waals surface area contributed by atoms with E-state index < -0.39 is 145 Å². The standard InChI is InChI=1S/C87H134N24O16S/c1-4-6-8-10-12-14-16-18-20-22-24-26-28-30-77(115)126-48-66(127-78(116)31-29-27-25-23-21-19-17-15-13-11-9-7-5-2)49-128-50-67(88)79(117)110-75(46-112)87(125)111-76(47-113)86(124)109-74(38-65-45-95-57-102-65)85(123)108-73(37-64-44-94-56-101-64)84(122)107-72(36-63-43-93-55-100-63)83(121)106-71(35-62-42-92-54-99-62)82(120)105-70(34-61-41-91-53-98-61)81(119)104-69(33-60-40-90-52-97-60)80(118)103-68(58(3)114)32-59-39-89-51-96-59/h39-45,51-57,66-76,112-113H,4-38,46-50,88H2,1-3H3,(H,89,96)(H,90,97)(H,91,98)(H,92,99)(H,93,100)(H,94,101)(H,95,102)(H,103,118)(H,104,119)(H,105,120)(H,106,121)(H,107,122)(H,108,123)(H,109,124)(H,110,117)(H,111,125)/t66?,67?,68-,69-,70-,71-,72-,73-,74-,75-,76-/m0/s1. The van der Waals surface area contributed by atoms with Crippen molar-refractivity contribution in [2.24, 2.45) is 5.73 Å². The van der Waals surface area contributed by atoms with Crippen LogP contribution in [-0.2, 0) is 112 Å². The number of aliphatic hydroxyl groups is 2. The van der Waals surface area contributed by atoms with Gasteiger partial charge in [-0.1, -0.05) is 168 Å². The van der Waals surface area contributed by atoms with Crippen molar-refractivity contribution in [2.75, 3.05) is 31.3 Å². The van der Waals surface area contributed by atoms with Crippen LogP contribution in [0.4, 0.5) is 0 Å². The summed E-state index contributed by atoms with van der Waals surface area (Å²) in [6, 6.07) is -15.2. The second-order valence-corrected chi connectivity index (χ2v) is 33.5. The van der Waals surface area contributed by atoms with Crippen molar-refractivity contribution in [3.8, 4) is 0 Å². The van der Waals surface area contributed by atoms with Crippen LogP contribution in [0.3, 0.4) is 0 Å². The number of thioether (sulfide) groups is 1. The zero-order chi connectivity index (χ0) is 91.9. The Morgan fingerprint density at radius 1 is 0.320 bits per heavy atom. The number of Topliss-reactive ketones (excluding diaryl/α,β-unsaturated/α-hetero) is 1. The second-order valence-electron chi connectivity index (χ2n) is 32.4. The number of hydrogen-bond donors (Lipinski definition) is 19. The molecule has 0 bridgehead atoms. The number of aromatic amines is 7. The molecule has 7 aromatic heterocycles. The molecule has 7 aromatic rings. The number of rotatable bonds is 70. The fraction of sp³-hybridized carbons (Fsp3) is 0.621. The Kier molecular flexibility index (Phi) is 48.8. The molecule has 704 valence electrons. The number of carbonyl (C=O) groups is 12. The number of ketones is 1. The first kappa shape index (κ1) is 104. The fourth-order valence-corrected chi connectivity index (χ4v) is 15.3. The van der Waals surface area contributed by atoms with Crippen LogP contribution in [0, 0.1) is 0 Å². The summed E-state index contributed by atoms with van der Waals surface area (Å²) in [4.78, 5) is 219. The van der Waals surface area contributed by atoms with E-state index in [1.807, 2.05) is 0 Å². The van der Waals surface area contributed by atoms with Crippen LogP contribution in [0.1, 0.15) is 240 Å². The van der Waals surface area contributed by atoms with E-state index >= 15 is 9.59 Å². The molecular formula is C87H134N24O16S. The van der Waals surface area contributed by atoms with Crippen molar-refractivity contribution >= 4 is 82.6 Å². The number of amides is 9. The number of unbranched alkanes of at least 4 members (excludes halogenated alkanes) is 24. The molecule has 2 unspecified atom stereocenters. The van der Waals surface area contributed by atoms with Gasteiger partial charge in [-0.05, 0) is 19.8 Å². The van der Waals surface area contributed by atoms with Crippen molar-refractivity contribution < 1.29 is 77.2 Å². The SMILES string of the molecule is CCCCCCCCCCCCCCCC(=O)OCC(CSCC(N)C(=O)N[C@@H](CO)C(=O)N[C@@H](CO)C(=O)N[C@@H](Cc1cnc[nH]1)C(=O)N[C@@H](Cc1cnc[nH]1)C(=O)N[C@@H](Cc1cnc[nH]1)C(=O)N[C@@H](Cc1cnc[nH]1)C(=O)N[C@@H](Cc1cnc[nH]1)C(=O)N[C@@H](Cc1cnc[nH]1)C(=O)N[C@@H](Cc1cnc[nH]1)C(C)=O)OC(=O)CCCCCCCCCCCCCCC. The second kappa shape index (κ2) is 60.3. The largest absolute Gasteiger partial charge is 0.462 e. The Morgan fingerprint density at radius 2 is 0.547 bits per heavy atom. The third kappa shape index (κ3) is 40.7. The lowest BCUT2D eigenvalue weighted by Gasteiger charge is -2.28. The van der Waals surface area contributed by atoms with Crippen molar-refractivity contribution in [2.45, 2.75) is 312 Å². The zero-order valence-corrected chi connectivity index (χ0v) is 74.8. The van der Waals surface area contributed by atoms with Crippen molar-refractivity contribution in [3.63, 3.8) is 0 Å². The molecule has 40 nitrogen and oxygen atoms in total. The van der Waals surface area contributed by atoms with Gasteiger partial charge in [0.1, 0.15) is 61.0 Å². The van der Waals surface area contributed by atoms with E-state index in [2.05, 4.69) is 131 Å². The molecule has 20 N–H and O–H groups in total. The van der Waals surface area contributed by atoms with Gasteiger partial charge in [0.05, 0.1) is 69.6 Å². The quantitative estimate of drug-likeness (QED) is 0.0188. The van der Waals surface area contributed by atoms with Gasteiger partial charge in [0, 0.05) is 153 Å². The van der Waals surface area contributed by atoms with Crippen LogP contribution >= 0.6 is 11.8 Å². The van der Waals surface area contributed by atoms with Crippen molar-refractivity contribution in [1.82, 2.24) is 118 Å². The van der Waals surface area contributed by atoms with Crippen LogP contribution in [0.25, 0.3) is 0 Å². The summed E-state index contributed by atoms with van der Waals surface area (Å²) in [5.41, 5.74) is 8.95. The van der Waals surface area contributed by atoms with Gasteiger partial charge in [-0.3, -0.25) is 57.5 Å². The van der Waals surface area contributed by atoms with Gasteiger partial charge in [-0.25, -0.2) is 34.9 Å². The molecule has 128 heavy (non-hydrogen) atoms. The minimum Gasteiger partial charge on any atom is -0.462 e. The first-order valence-electron chi connectivity index (χ1n) is 45.1. The number of nitrogens with one attached hydrogen (secondary N) is 16. The molecular weight excluding hydrogens is 1670 g/mol. The molecule has 0 fully saturated rings. The molecule has 9 amide bonds. The fourth-order valence-electron chi connectivity index (χ4n) is 14.3. The van der Waals surface area contributed by atoms with E-state index in [0.717, 1.165) is 56.7 Å². The maximum atomic E-state index is 15.1. The molecule has 7 heterocycles. The van der Waals surface area contributed by atoms with E-state index in [9.17, 15) is 58.2 Å². The molecule has 41 heteroatoms. The summed E-state index contributed by atoms with van der Waals surface area (Å²) in [6.45, 7) is 3.44. The molecule has 0 spiro atoms. The molecule has 0 aliphatic rings. The van der Waals surface area contributed by atoms with Gasteiger partial charge in [-0.2, -0.15) is 11.8 Å². The van der Waals surface area contributed by atoms with Gasteiger partial charge < -0.3 is 108 Å². The number of ether oxygens (including phenoxy) is 2. The topological polar surface area (TPSA) is 599 Å². The molecule has 0 aliphatic heterocycles. The van der Waals surface area contributed by atoms with Crippen molar-refractivity contribution in [1.29, 1.82) is 0 Å². The summed E-state index contributed by atoms with van der Waals surface area (Å²) >= 11 is 1.13. The van der Waals surface area contributed by atoms with Crippen LogP contribution < -0.4 is 53.6 Å². The lowest BCUT2D eigenvalue weighted by molar-refractivity contribution is -0.157. The Bertz CT molecular complexity index is 4290. The van der Waals surface area contributed by atoms with Gasteiger partial charge in [0.2, 0.25) is 53.2 Å². The predicted molar refractivity (Wildman–Crippen MR) is 475 cm³/mol. The number of nitrogens with zero attached hydrogens (tertiary/aromatic N) is 7. The van der Waals surface area contributed by atoms with Gasteiger partial charge >= 0.3 is 11.9 Å². The number of H-pyrrole nitrogens is 7. The smallest absolute Gasteiger partial charge is 0.306 e. The van der Waals surface area contributed by atoms with E-state index in [4.69, 9.17) is 15.2 Å². The van der Waals surface area contributed by atoms with Crippen LogP contribution in [0.5, 0.6) is 0 Å².